The first-order chi connectivity index (χ1) is 11.2. The smallest absolute Gasteiger partial charge is 0.277 e. The fraction of sp³-hybridized carbons (Fsp3) is 0.474. The molecule has 1 aliphatic heterocycles. The molecule has 5 nitrogen and oxygen atoms in total. The van der Waals surface area contributed by atoms with Gasteiger partial charge in [-0.1, -0.05) is 45.9 Å². The SMILES string of the molecule is CC1(C)C=C(c2c(C3OC=CO3)cccc2[N+](=O)[O-])CC(C)(C)C1. The molecule has 0 aromatic heterocycles. The van der Waals surface area contributed by atoms with Crippen LogP contribution in [0, 0.1) is 20.9 Å². The number of rotatable bonds is 3. The van der Waals surface area contributed by atoms with Crippen LogP contribution in [0.15, 0.2) is 36.8 Å². The second-order valence-electron chi connectivity index (χ2n) is 8.05. The lowest BCUT2D eigenvalue weighted by Crippen LogP contribution is -2.27. The Morgan fingerprint density at radius 3 is 2.42 bits per heavy atom. The van der Waals surface area contributed by atoms with E-state index in [4.69, 9.17) is 9.47 Å². The molecule has 0 atom stereocenters. The highest BCUT2D eigenvalue weighted by molar-refractivity contribution is 5.77. The summed E-state index contributed by atoms with van der Waals surface area (Å²) in [6, 6.07) is 5.08. The van der Waals surface area contributed by atoms with Crippen LogP contribution >= 0.6 is 0 Å². The molecule has 3 rings (SSSR count). The molecule has 1 heterocycles. The van der Waals surface area contributed by atoms with Crippen LogP contribution in [-0.4, -0.2) is 4.92 Å². The van der Waals surface area contributed by atoms with Crippen LogP contribution in [0.4, 0.5) is 5.69 Å². The van der Waals surface area contributed by atoms with Crippen LogP contribution in [0.3, 0.4) is 0 Å². The van der Waals surface area contributed by atoms with Gasteiger partial charge in [0.1, 0.15) is 12.5 Å². The van der Waals surface area contributed by atoms with Crippen LogP contribution < -0.4 is 0 Å². The monoisotopic (exact) mass is 329 g/mol. The average Bonchev–Trinajstić information content (AvgIpc) is 2.97. The van der Waals surface area contributed by atoms with E-state index in [1.54, 1.807) is 12.1 Å². The van der Waals surface area contributed by atoms with Gasteiger partial charge < -0.3 is 9.47 Å². The zero-order valence-electron chi connectivity index (χ0n) is 14.5. The number of ether oxygens (including phenoxy) is 2. The summed E-state index contributed by atoms with van der Waals surface area (Å²) in [6.07, 6.45) is 6.31. The van der Waals surface area contributed by atoms with Gasteiger partial charge in [-0.2, -0.15) is 0 Å². The second kappa shape index (κ2) is 5.65. The minimum absolute atomic E-state index is 0.0201. The van der Waals surface area contributed by atoms with Gasteiger partial charge in [0.25, 0.3) is 12.0 Å². The van der Waals surface area contributed by atoms with E-state index < -0.39 is 6.29 Å². The third-order valence-electron chi connectivity index (χ3n) is 4.47. The van der Waals surface area contributed by atoms with Gasteiger partial charge in [-0.3, -0.25) is 10.1 Å². The zero-order chi connectivity index (χ0) is 17.5. The Morgan fingerprint density at radius 1 is 1.17 bits per heavy atom. The van der Waals surface area contributed by atoms with E-state index in [1.807, 2.05) is 6.07 Å². The molecule has 0 saturated heterocycles. The van der Waals surface area contributed by atoms with E-state index in [1.165, 1.54) is 12.5 Å². The standard InChI is InChI=1S/C19H23NO4/c1-18(2)10-13(11-19(3,4)12-18)16-14(17-23-8-9-24-17)6-5-7-15(16)20(21)22/h5-10,17H,11-12H2,1-4H3. The number of nitro groups is 1. The van der Waals surface area contributed by atoms with Gasteiger partial charge in [-0.15, -0.1) is 0 Å². The summed E-state index contributed by atoms with van der Waals surface area (Å²) in [6.45, 7) is 8.76. The quantitative estimate of drug-likeness (QED) is 0.554. The molecule has 0 bridgehead atoms. The minimum Gasteiger partial charge on any atom is -0.455 e. The van der Waals surface area contributed by atoms with Crippen molar-refractivity contribution in [1.82, 2.24) is 0 Å². The molecule has 0 amide bonds. The number of benzene rings is 1. The lowest BCUT2D eigenvalue weighted by molar-refractivity contribution is -0.385. The molecule has 5 heteroatoms. The Bertz CT molecular complexity index is 723. The lowest BCUT2D eigenvalue weighted by atomic mass is 9.65. The fourth-order valence-corrected chi connectivity index (χ4v) is 4.19. The fourth-order valence-electron chi connectivity index (χ4n) is 4.19. The summed E-state index contributed by atoms with van der Waals surface area (Å²) in [4.78, 5) is 11.3. The summed E-state index contributed by atoms with van der Waals surface area (Å²) >= 11 is 0. The minimum atomic E-state index is -0.631. The highest BCUT2D eigenvalue weighted by atomic mass is 16.7. The van der Waals surface area contributed by atoms with E-state index in [0.717, 1.165) is 18.4 Å². The first-order valence-corrected chi connectivity index (χ1v) is 8.14. The number of nitrogens with zero attached hydrogens (tertiary/aromatic N) is 1. The van der Waals surface area contributed by atoms with Crippen molar-refractivity contribution in [2.45, 2.75) is 46.8 Å². The number of allylic oxidation sites excluding steroid dienone is 2. The Labute approximate surface area is 142 Å². The van der Waals surface area contributed by atoms with Crippen molar-refractivity contribution in [2.75, 3.05) is 0 Å². The van der Waals surface area contributed by atoms with Gasteiger partial charge in [-0.25, -0.2) is 0 Å². The lowest BCUT2D eigenvalue weighted by Gasteiger charge is -2.39. The third-order valence-corrected chi connectivity index (χ3v) is 4.47. The molecule has 1 aromatic rings. The van der Waals surface area contributed by atoms with Crippen LogP contribution in [0.1, 0.15) is 58.0 Å². The van der Waals surface area contributed by atoms with Crippen LogP contribution in [0.2, 0.25) is 0 Å². The number of hydrogen-bond donors (Lipinski definition) is 0. The molecule has 0 N–H and O–H groups in total. The van der Waals surface area contributed by atoms with Crippen molar-refractivity contribution < 1.29 is 14.4 Å². The predicted molar refractivity (Wildman–Crippen MR) is 91.9 cm³/mol. The first-order valence-electron chi connectivity index (χ1n) is 8.14. The summed E-state index contributed by atoms with van der Waals surface area (Å²) in [5.74, 6) is 0. The molecule has 128 valence electrons. The second-order valence-corrected chi connectivity index (χ2v) is 8.05. The molecule has 0 saturated carbocycles. The summed E-state index contributed by atoms with van der Waals surface area (Å²) in [5, 5.41) is 11.6. The largest absolute Gasteiger partial charge is 0.455 e. The topological polar surface area (TPSA) is 61.6 Å². The Kier molecular flexibility index (Phi) is 3.90. The normalized spacial score (nSPS) is 21.8. The number of hydrogen-bond acceptors (Lipinski definition) is 4. The van der Waals surface area contributed by atoms with Crippen molar-refractivity contribution in [3.8, 4) is 0 Å². The molecule has 2 aliphatic rings. The van der Waals surface area contributed by atoms with Gasteiger partial charge in [0.2, 0.25) is 0 Å². The maximum Gasteiger partial charge on any atom is 0.277 e. The van der Waals surface area contributed by atoms with Gasteiger partial charge in [0.15, 0.2) is 0 Å². The van der Waals surface area contributed by atoms with Crippen molar-refractivity contribution in [2.24, 2.45) is 10.8 Å². The molecule has 24 heavy (non-hydrogen) atoms. The predicted octanol–water partition coefficient (Wildman–Crippen LogP) is 5.34. The Balaban J connectivity index is 2.18. The molecule has 0 radical (unpaired) electrons. The number of nitro benzene ring substituents is 1. The summed E-state index contributed by atoms with van der Waals surface area (Å²) in [5.41, 5.74) is 2.49. The van der Waals surface area contributed by atoms with E-state index in [-0.39, 0.29) is 21.4 Å². The maximum atomic E-state index is 11.6. The van der Waals surface area contributed by atoms with Crippen LogP contribution in [0.25, 0.3) is 5.57 Å². The summed E-state index contributed by atoms with van der Waals surface area (Å²) in [7, 11) is 0. The third kappa shape index (κ3) is 3.16. The van der Waals surface area contributed by atoms with Crippen molar-refractivity contribution >= 4 is 11.3 Å². The van der Waals surface area contributed by atoms with Crippen molar-refractivity contribution in [1.29, 1.82) is 0 Å². The van der Waals surface area contributed by atoms with Crippen molar-refractivity contribution in [3.05, 3.63) is 58.0 Å². The van der Waals surface area contributed by atoms with Gasteiger partial charge in [0, 0.05) is 11.6 Å². The van der Waals surface area contributed by atoms with Crippen LogP contribution in [-0.2, 0) is 9.47 Å². The van der Waals surface area contributed by atoms with Crippen LogP contribution in [0.5, 0.6) is 0 Å². The molecule has 1 aliphatic carbocycles. The van der Waals surface area contributed by atoms with Crippen molar-refractivity contribution in [3.63, 3.8) is 0 Å². The first kappa shape index (κ1) is 16.6. The van der Waals surface area contributed by atoms with E-state index in [9.17, 15) is 10.1 Å². The molecular weight excluding hydrogens is 306 g/mol. The molecule has 0 spiro atoms. The molecular formula is C19H23NO4. The summed E-state index contributed by atoms with van der Waals surface area (Å²) < 4.78 is 10.9. The van der Waals surface area contributed by atoms with E-state index in [0.29, 0.717) is 11.1 Å². The van der Waals surface area contributed by atoms with E-state index in [2.05, 4.69) is 33.8 Å². The van der Waals surface area contributed by atoms with Gasteiger partial charge in [0.05, 0.1) is 10.5 Å². The highest BCUT2D eigenvalue weighted by Crippen LogP contribution is 2.50. The molecule has 0 unspecified atom stereocenters. The molecule has 1 aromatic carbocycles. The zero-order valence-corrected chi connectivity index (χ0v) is 14.5. The van der Waals surface area contributed by atoms with Gasteiger partial charge >= 0.3 is 0 Å². The maximum absolute atomic E-state index is 11.6. The Morgan fingerprint density at radius 2 is 1.83 bits per heavy atom. The molecule has 0 fully saturated rings. The van der Waals surface area contributed by atoms with Gasteiger partial charge in [-0.05, 0) is 29.2 Å². The van der Waals surface area contributed by atoms with E-state index >= 15 is 0 Å². The highest BCUT2D eigenvalue weighted by Gasteiger charge is 2.37. The Hall–Kier alpha value is -2.30. The average molecular weight is 329 g/mol.